The monoisotopic (exact) mass is 299 g/mol. The maximum Gasteiger partial charge on any atom is 0.273 e. The molecule has 0 aliphatic heterocycles. The lowest BCUT2D eigenvalue weighted by atomic mass is 9.93. The maximum absolute atomic E-state index is 12.0. The Labute approximate surface area is 130 Å². The van der Waals surface area contributed by atoms with Gasteiger partial charge in [0.2, 0.25) is 0 Å². The van der Waals surface area contributed by atoms with Gasteiger partial charge in [0.15, 0.2) is 11.5 Å². The highest BCUT2D eigenvalue weighted by atomic mass is 16.5. The van der Waals surface area contributed by atoms with Crippen LogP contribution >= 0.6 is 0 Å². The molecule has 1 fully saturated rings. The first-order valence-corrected chi connectivity index (χ1v) is 7.69. The van der Waals surface area contributed by atoms with Crippen molar-refractivity contribution in [2.24, 2.45) is 0 Å². The summed E-state index contributed by atoms with van der Waals surface area (Å²) in [7, 11) is 2.02. The van der Waals surface area contributed by atoms with Crippen molar-refractivity contribution < 1.29 is 9.32 Å². The SMILES string of the molecule is CN(Cc1ccccc1)Cc1cc(C(=O)NC2CCC2)no1. The molecule has 0 radical (unpaired) electrons. The highest BCUT2D eigenvalue weighted by molar-refractivity contribution is 5.92. The number of aromatic nitrogens is 1. The van der Waals surface area contributed by atoms with Crippen molar-refractivity contribution >= 4 is 5.91 Å². The number of rotatable bonds is 6. The first kappa shape index (κ1) is 14.8. The van der Waals surface area contributed by atoms with Crippen LogP contribution in [0.2, 0.25) is 0 Å². The van der Waals surface area contributed by atoms with Crippen LogP contribution in [-0.2, 0) is 13.1 Å². The Bertz CT molecular complexity index is 620. The third kappa shape index (κ3) is 3.74. The summed E-state index contributed by atoms with van der Waals surface area (Å²) in [4.78, 5) is 14.1. The summed E-state index contributed by atoms with van der Waals surface area (Å²) in [5.41, 5.74) is 1.61. The molecular weight excluding hydrogens is 278 g/mol. The van der Waals surface area contributed by atoms with Crippen molar-refractivity contribution in [3.8, 4) is 0 Å². The first-order valence-electron chi connectivity index (χ1n) is 7.69. The molecule has 5 heteroatoms. The third-order valence-electron chi connectivity index (χ3n) is 3.95. The standard InChI is InChI=1S/C17H21N3O2/c1-20(11-13-6-3-2-4-7-13)12-15-10-16(19-22-15)17(21)18-14-8-5-9-14/h2-4,6-7,10,14H,5,8-9,11-12H2,1H3,(H,18,21). The Kier molecular flexibility index (Phi) is 4.53. The summed E-state index contributed by atoms with van der Waals surface area (Å²) in [5, 5.41) is 6.84. The fourth-order valence-electron chi connectivity index (χ4n) is 2.52. The van der Waals surface area contributed by atoms with Gasteiger partial charge in [-0.25, -0.2) is 0 Å². The molecule has 0 saturated heterocycles. The molecule has 1 saturated carbocycles. The smallest absolute Gasteiger partial charge is 0.273 e. The summed E-state index contributed by atoms with van der Waals surface area (Å²) in [6.45, 7) is 1.45. The van der Waals surface area contributed by atoms with Crippen molar-refractivity contribution in [1.29, 1.82) is 0 Å². The Balaban J connectivity index is 1.53. The van der Waals surface area contributed by atoms with Gasteiger partial charge in [-0.2, -0.15) is 0 Å². The zero-order valence-corrected chi connectivity index (χ0v) is 12.8. The molecule has 1 aromatic heterocycles. The molecule has 2 aromatic rings. The minimum absolute atomic E-state index is 0.134. The van der Waals surface area contributed by atoms with Crippen LogP contribution < -0.4 is 5.32 Å². The maximum atomic E-state index is 12.0. The van der Waals surface area contributed by atoms with Gasteiger partial charge >= 0.3 is 0 Å². The number of nitrogens with one attached hydrogen (secondary N) is 1. The quantitative estimate of drug-likeness (QED) is 0.890. The van der Waals surface area contributed by atoms with Gasteiger partial charge in [0, 0.05) is 18.7 Å². The molecule has 0 atom stereocenters. The number of amides is 1. The molecule has 1 heterocycles. The molecule has 1 aliphatic rings. The second-order valence-corrected chi connectivity index (χ2v) is 5.94. The van der Waals surface area contributed by atoms with Crippen molar-refractivity contribution in [1.82, 2.24) is 15.4 Å². The predicted molar refractivity (Wildman–Crippen MR) is 83.2 cm³/mol. The second kappa shape index (κ2) is 6.75. The van der Waals surface area contributed by atoms with E-state index in [-0.39, 0.29) is 5.91 Å². The second-order valence-electron chi connectivity index (χ2n) is 5.94. The number of benzene rings is 1. The Morgan fingerprint density at radius 3 is 2.77 bits per heavy atom. The highest BCUT2D eigenvalue weighted by Crippen LogP contribution is 2.18. The minimum Gasteiger partial charge on any atom is -0.359 e. The summed E-state index contributed by atoms with van der Waals surface area (Å²) in [5.74, 6) is 0.572. The lowest BCUT2D eigenvalue weighted by Crippen LogP contribution is -2.39. The van der Waals surface area contributed by atoms with Crippen LogP contribution in [0.5, 0.6) is 0 Å². The Morgan fingerprint density at radius 1 is 1.32 bits per heavy atom. The van der Waals surface area contributed by atoms with Gasteiger partial charge in [-0.1, -0.05) is 35.5 Å². The summed E-state index contributed by atoms with van der Waals surface area (Å²) in [6.07, 6.45) is 3.33. The van der Waals surface area contributed by atoms with Crippen LogP contribution in [0.1, 0.15) is 41.1 Å². The zero-order chi connectivity index (χ0) is 15.4. The molecular formula is C17H21N3O2. The molecule has 3 rings (SSSR count). The van der Waals surface area contributed by atoms with Gasteiger partial charge < -0.3 is 9.84 Å². The summed E-state index contributed by atoms with van der Waals surface area (Å²) >= 11 is 0. The number of carbonyl (C=O) groups is 1. The van der Waals surface area contributed by atoms with E-state index >= 15 is 0 Å². The van der Waals surface area contributed by atoms with E-state index in [9.17, 15) is 4.79 Å². The molecule has 0 bridgehead atoms. The van der Waals surface area contributed by atoms with Gasteiger partial charge in [0.05, 0.1) is 6.54 Å². The molecule has 1 N–H and O–H groups in total. The molecule has 1 amide bonds. The van der Waals surface area contributed by atoms with E-state index in [1.807, 2.05) is 25.2 Å². The molecule has 5 nitrogen and oxygen atoms in total. The predicted octanol–water partition coefficient (Wildman–Crippen LogP) is 2.59. The van der Waals surface area contributed by atoms with E-state index < -0.39 is 0 Å². The normalized spacial score (nSPS) is 14.8. The molecule has 0 spiro atoms. The van der Waals surface area contributed by atoms with Gasteiger partial charge in [-0.3, -0.25) is 9.69 Å². The number of hydrogen-bond acceptors (Lipinski definition) is 4. The minimum atomic E-state index is -0.134. The van der Waals surface area contributed by atoms with E-state index in [0.29, 0.717) is 24.0 Å². The zero-order valence-electron chi connectivity index (χ0n) is 12.8. The summed E-state index contributed by atoms with van der Waals surface area (Å²) in [6, 6.07) is 12.3. The molecule has 22 heavy (non-hydrogen) atoms. The summed E-state index contributed by atoms with van der Waals surface area (Å²) < 4.78 is 5.27. The van der Waals surface area contributed by atoms with Gasteiger partial charge in [-0.15, -0.1) is 0 Å². The molecule has 1 aliphatic carbocycles. The largest absolute Gasteiger partial charge is 0.359 e. The third-order valence-corrected chi connectivity index (χ3v) is 3.95. The van der Waals surface area contributed by atoms with Crippen molar-refractivity contribution in [3.05, 3.63) is 53.4 Å². The number of carbonyl (C=O) groups excluding carboxylic acids is 1. The molecule has 0 unspecified atom stereocenters. The van der Waals surface area contributed by atoms with E-state index in [0.717, 1.165) is 19.4 Å². The van der Waals surface area contributed by atoms with E-state index in [1.54, 1.807) is 6.07 Å². The molecule has 1 aromatic carbocycles. The fraction of sp³-hybridized carbons (Fsp3) is 0.412. The van der Waals surface area contributed by atoms with Crippen molar-refractivity contribution in [3.63, 3.8) is 0 Å². The van der Waals surface area contributed by atoms with Crippen molar-refractivity contribution in [2.45, 2.75) is 38.4 Å². The van der Waals surface area contributed by atoms with Gasteiger partial charge in [0.25, 0.3) is 5.91 Å². The van der Waals surface area contributed by atoms with Crippen LogP contribution in [0.25, 0.3) is 0 Å². The van der Waals surface area contributed by atoms with Gasteiger partial charge in [0.1, 0.15) is 0 Å². The average Bonchev–Trinajstić information content (AvgIpc) is 2.92. The Hall–Kier alpha value is -2.14. The lowest BCUT2D eigenvalue weighted by Gasteiger charge is -2.25. The fourth-order valence-corrected chi connectivity index (χ4v) is 2.52. The Morgan fingerprint density at radius 2 is 2.09 bits per heavy atom. The van der Waals surface area contributed by atoms with Gasteiger partial charge in [-0.05, 0) is 31.9 Å². The van der Waals surface area contributed by atoms with E-state index in [2.05, 4.69) is 27.5 Å². The van der Waals surface area contributed by atoms with Crippen molar-refractivity contribution in [2.75, 3.05) is 7.05 Å². The average molecular weight is 299 g/mol. The first-order chi connectivity index (χ1) is 10.7. The topological polar surface area (TPSA) is 58.4 Å². The number of nitrogens with zero attached hydrogens (tertiary/aromatic N) is 2. The number of hydrogen-bond donors (Lipinski definition) is 1. The van der Waals surface area contributed by atoms with Crippen LogP contribution in [-0.4, -0.2) is 29.1 Å². The van der Waals surface area contributed by atoms with E-state index in [1.165, 1.54) is 12.0 Å². The lowest BCUT2D eigenvalue weighted by molar-refractivity contribution is 0.0907. The molecule has 116 valence electrons. The van der Waals surface area contributed by atoms with Crippen LogP contribution in [0.3, 0.4) is 0 Å². The highest BCUT2D eigenvalue weighted by Gasteiger charge is 2.22. The van der Waals surface area contributed by atoms with E-state index in [4.69, 9.17) is 4.52 Å². The van der Waals surface area contributed by atoms with Crippen LogP contribution in [0, 0.1) is 0 Å². The van der Waals surface area contributed by atoms with Crippen LogP contribution in [0.4, 0.5) is 0 Å². The van der Waals surface area contributed by atoms with Crippen LogP contribution in [0.15, 0.2) is 40.9 Å².